The summed E-state index contributed by atoms with van der Waals surface area (Å²) < 4.78 is 32.3. The van der Waals surface area contributed by atoms with Crippen LogP contribution in [0.4, 0.5) is 5.69 Å². The van der Waals surface area contributed by atoms with Crippen LogP contribution < -0.4 is 10.5 Å². The van der Waals surface area contributed by atoms with E-state index in [9.17, 15) is 13.2 Å². The number of aromatic nitrogens is 3. The summed E-state index contributed by atoms with van der Waals surface area (Å²) >= 11 is 0. The third-order valence-electron chi connectivity index (χ3n) is 3.38. The molecule has 2 aromatic heterocycles. The standard InChI is InChI=1S/C14H10N4O4S/c19-14-17-11-4-2-9(6-13(11)22-14)23(20,21)18-8-1-3-10-12(5-8)16-7-15-10/h1-7,18H,(H,15,16)(H,17,19). The maximum Gasteiger partial charge on any atom is 0.417 e. The Morgan fingerprint density at radius 3 is 2.83 bits per heavy atom. The van der Waals surface area contributed by atoms with Gasteiger partial charge in [0.25, 0.3) is 10.0 Å². The molecule has 0 saturated carbocycles. The number of rotatable bonds is 3. The molecule has 0 bridgehead atoms. The number of anilines is 1. The summed E-state index contributed by atoms with van der Waals surface area (Å²) in [4.78, 5) is 20.6. The average Bonchev–Trinajstić information content (AvgIpc) is 3.10. The summed E-state index contributed by atoms with van der Waals surface area (Å²) in [6.45, 7) is 0. The van der Waals surface area contributed by atoms with E-state index in [4.69, 9.17) is 4.42 Å². The molecule has 0 radical (unpaired) electrons. The Morgan fingerprint density at radius 2 is 1.96 bits per heavy atom. The van der Waals surface area contributed by atoms with E-state index >= 15 is 0 Å². The molecular formula is C14H10N4O4S. The molecule has 0 spiro atoms. The molecule has 0 aliphatic carbocycles. The lowest BCUT2D eigenvalue weighted by Gasteiger charge is -2.08. The topological polar surface area (TPSA) is 121 Å². The second-order valence-corrected chi connectivity index (χ2v) is 6.59. The van der Waals surface area contributed by atoms with Crippen molar-refractivity contribution in [3.8, 4) is 0 Å². The van der Waals surface area contributed by atoms with Crippen molar-refractivity contribution >= 4 is 37.8 Å². The fourth-order valence-electron chi connectivity index (χ4n) is 2.31. The lowest BCUT2D eigenvalue weighted by molar-refractivity contribution is 0.554. The largest absolute Gasteiger partial charge is 0.417 e. The van der Waals surface area contributed by atoms with Gasteiger partial charge in [-0.1, -0.05) is 0 Å². The Bertz CT molecular complexity index is 1190. The number of aromatic amines is 2. The summed E-state index contributed by atoms with van der Waals surface area (Å²) in [5, 5.41) is 0. The number of hydrogen-bond donors (Lipinski definition) is 3. The van der Waals surface area contributed by atoms with Crippen molar-refractivity contribution in [2.75, 3.05) is 4.72 Å². The summed E-state index contributed by atoms with van der Waals surface area (Å²) in [7, 11) is -3.81. The van der Waals surface area contributed by atoms with E-state index in [-0.39, 0.29) is 10.5 Å². The van der Waals surface area contributed by atoms with Gasteiger partial charge in [-0.3, -0.25) is 9.71 Å². The first-order valence-electron chi connectivity index (χ1n) is 6.60. The third-order valence-corrected chi connectivity index (χ3v) is 4.75. The SMILES string of the molecule is O=c1[nH]c2ccc(S(=O)(=O)Nc3ccc4nc[nH]c4c3)cc2o1. The minimum absolute atomic E-state index is 0.00235. The predicted octanol–water partition coefficient (Wildman–Crippen LogP) is 1.80. The number of sulfonamides is 1. The van der Waals surface area contributed by atoms with Gasteiger partial charge in [0.2, 0.25) is 0 Å². The van der Waals surface area contributed by atoms with Gasteiger partial charge in [-0.15, -0.1) is 0 Å². The highest BCUT2D eigenvalue weighted by atomic mass is 32.2. The van der Waals surface area contributed by atoms with Crippen LogP contribution in [0.2, 0.25) is 0 Å². The van der Waals surface area contributed by atoms with Crippen molar-refractivity contribution in [2.45, 2.75) is 4.90 Å². The van der Waals surface area contributed by atoms with Crippen molar-refractivity contribution in [1.82, 2.24) is 15.0 Å². The highest BCUT2D eigenvalue weighted by Crippen LogP contribution is 2.21. The number of nitrogens with zero attached hydrogens (tertiary/aromatic N) is 1. The summed E-state index contributed by atoms with van der Waals surface area (Å²) in [6.07, 6.45) is 1.53. The van der Waals surface area contributed by atoms with Crippen molar-refractivity contribution in [3.05, 3.63) is 53.3 Å². The number of oxazole rings is 1. The van der Waals surface area contributed by atoms with Crippen LogP contribution in [0.15, 0.2) is 56.8 Å². The zero-order valence-electron chi connectivity index (χ0n) is 11.5. The van der Waals surface area contributed by atoms with Crippen LogP contribution in [0, 0.1) is 0 Å². The zero-order valence-corrected chi connectivity index (χ0v) is 12.3. The fourth-order valence-corrected chi connectivity index (χ4v) is 3.37. The molecule has 2 heterocycles. The van der Waals surface area contributed by atoms with Crippen LogP contribution in [0.5, 0.6) is 0 Å². The fraction of sp³-hybridized carbons (Fsp3) is 0. The first-order valence-corrected chi connectivity index (χ1v) is 8.08. The number of imidazole rings is 1. The first-order chi connectivity index (χ1) is 11.0. The number of H-pyrrole nitrogens is 2. The molecule has 0 atom stereocenters. The van der Waals surface area contributed by atoms with E-state index in [0.717, 1.165) is 11.0 Å². The van der Waals surface area contributed by atoms with Gasteiger partial charge in [0.05, 0.1) is 33.5 Å². The Hall–Kier alpha value is -3.07. The smallest absolute Gasteiger partial charge is 0.408 e. The Balaban J connectivity index is 1.74. The van der Waals surface area contributed by atoms with Crippen molar-refractivity contribution in [3.63, 3.8) is 0 Å². The minimum Gasteiger partial charge on any atom is -0.408 e. The molecule has 2 aromatic carbocycles. The molecule has 116 valence electrons. The van der Waals surface area contributed by atoms with Gasteiger partial charge in [0, 0.05) is 6.07 Å². The van der Waals surface area contributed by atoms with E-state index in [1.165, 1.54) is 24.5 Å². The molecule has 0 unspecified atom stereocenters. The van der Waals surface area contributed by atoms with Gasteiger partial charge in [-0.2, -0.15) is 0 Å². The molecule has 3 N–H and O–H groups in total. The molecule has 4 rings (SSSR count). The molecule has 0 aliphatic heterocycles. The molecule has 0 saturated heterocycles. The quantitative estimate of drug-likeness (QED) is 0.529. The minimum atomic E-state index is -3.81. The van der Waals surface area contributed by atoms with Gasteiger partial charge in [-0.25, -0.2) is 18.2 Å². The molecule has 0 amide bonds. The van der Waals surface area contributed by atoms with Gasteiger partial charge >= 0.3 is 5.76 Å². The van der Waals surface area contributed by atoms with Crippen molar-refractivity contribution in [2.24, 2.45) is 0 Å². The summed E-state index contributed by atoms with van der Waals surface area (Å²) in [6, 6.07) is 9.14. The molecule has 4 aromatic rings. The number of nitrogens with one attached hydrogen (secondary N) is 3. The van der Waals surface area contributed by atoms with E-state index in [0.29, 0.717) is 11.2 Å². The summed E-state index contributed by atoms with van der Waals surface area (Å²) in [5.74, 6) is -0.632. The zero-order chi connectivity index (χ0) is 16.0. The van der Waals surface area contributed by atoms with Crippen LogP contribution in [0.3, 0.4) is 0 Å². The molecule has 0 aliphatic rings. The lowest BCUT2D eigenvalue weighted by atomic mass is 10.3. The van der Waals surface area contributed by atoms with Crippen LogP contribution >= 0.6 is 0 Å². The molecular weight excluding hydrogens is 320 g/mol. The second kappa shape index (κ2) is 4.71. The van der Waals surface area contributed by atoms with Crippen LogP contribution in [0.25, 0.3) is 22.1 Å². The second-order valence-electron chi connectivity index (χ2n) is 4.91. The number of hydrogen-bond acceptors (Lipinski definition) is 5. The lowest BCUT2D eigenvalue weighted by Crippen LogP contribution is -2.12. The van der Waals surface area contributed by atoms with Gasteiger partial charge < -0.3 is 9.40 Å². The molecule has 0 fully saturated rings. The Labute approximate surface area is 129 Å². The van der Waals surface area contributed by atoms with Crippen molar-refractivity contribution < 1.29 is 12.8 Å². The van der Waals surface area contributed by atoms with E-state index in [1.807, 2.05) is 0 Å². The summed E-state index contributed by atoms with van der Waals surface area (Å²) in [5.41, 5.74) is 2.48. The predicted molar refractivity (Wildman–Crippen MR) is 83.7 cm³/mol. The maximum absolute atomic E-state index is 12.5. The maximum atomic E-state index is 12.5. The van der Waals surface area contributed by atoms with Crippen LogP contribution in [-0.4, -0.2) is 23.4 Å². The Kier molecular flexibility index (Phi) is 2.78. The van der Waals surface area contributed by atoms with Crippen LogP contribution in [0.1, 0.15) is 0 Å². The first kappa shape index (κ1) is 13.6. The van der Waals surface area contributed by atoms with Gasteiger partial charge in [-0.05, 0) is 30.3 Å². The van der Waals surface area contributed by atoms with Gasteiger partial charge in [0.15, 0.2) is 5.58 Å². The molecule has 8 nitrogen and oxygen atoms in total. The highest BCUT2D eigenvalue weighted by Gasteiger charge is 2.16. The van der Waals surface area contributed by atoms with Crippen LogP contribution in [-0.2, 0) is 10.0 Å². The van der Waals surface area contributed by atoms with Gasteiger partial charge in [0.1, 0.15) is 0 Å². The molecule has 9 heteroatoms. The number of benzene rings is 2. The van der Waals surface area contributed by atoms with E-state index < -0.39 is 15.8 Å². The van der Waals surface area contributed by atoms with E-state index in [1.54, 1.807) is 18.2 Å². The normalized spacial score (nSPS) is 12.0. The highest BCUT2D eigenvalue weighted by molar-refractivity contribution is 7.92. The third kappa shape index (κ3) is 2.36. The monoisotopic (exact) mass is 330 g/mol. The van der Waals surface area contributed by atoms with Crippen molar-refractivity contribution in [1.29, 1.82) is 0 Å². The number of fused-ring (bicyclic) bond motifs is 2. The Morgan fingerprint density at radius 1 is 1.09 bits per heavy atom. The molecule has 23 heavy (non-hydrogen) atoms. The van der Waals surface area contributed by atoms with E-state index in [2.05, 4.69) is 19.7 Å². The average molecular weight is 330 g/mol.